The number of halogens is 2. The number of nitrogens with two attached hydrogens (primary N) is 1. The predicted molar refractivity (Wildman–Crippen MR) is 156 cm³/mol. The van der Waals surface area contributed by atoms with E-state index in [1.807, 2.05) is 50.3 Å². The van der Waals surface area contributed by atoms with Crippen LogP contribution in [0, 0.1) is 13.8 Å². The third-order valence-electron chi connectivity index (χ3n) is 6.39. The number of ether oxygens (including phenoxy) is 1. The van der Waals surface area contributed by atoms with Crippen molar-refractivity contribution in [2.45, 2.75) is 31.7 Å². The van der Waals surface area contributed by atoms with Crippen molar-refractivity contribution in [3.05, 3.63) is 83.3 Å². The van der Waals surface area contributed by atoms with Crippen LogP contribution in [0.3, 0.4) is 0 Å². The van der Waals surface area contributed by atoms with Crippen LogP contribution in [0.5, 0.6) is 5.88 Å². The Morgan fingerprint density at radius 3 is 2.79 bits per heavy atom. The number of fused-ring (bicyclic) bond motifs is 1. The summed E-state index contributed by atoms with van der Waals surface area (Å²) in [4.78, 5) is 21.0. The zero-order chi connectivity index (χ0) is 27.5. The minimum absolute atomic E-state index is 0.209. The van der Waals surface area contributed by atoms with Crippen molar-refractivity contribution in [2.24, 2.45) is 0 Å². The number of nitrogens with one attached hydrogen (secondary N) is 2. The van der Waals surface area contributed by atoms with Crippen molar-refractivity contribution in [1.82, 2.24) is 19.7 Å². The third-order valence-corrected chi connectivity index (χ3v) is 7.64. The van der Waals surface area contributed by atoms with Crippen molar-refractivity contribution < 1.29 is 13.9 Å². The Kier molecular flexibility index (Phi) is 7.94. The summed E-state index contributed by atoms with van der Waals surface area (Å²) in [5.74, 6) is 1.04. The van der Waals surface area contributed by atoms with Crippen LogP contribution in [-0.2, 0) is 0 Å². The summed E-state index contributed by atoms with van der Waals surface area (Å²) < 4.78 is 23.1. The maximum atomic E-state index is 13.4. The number of hydrogen-bond acceptors (Lipinski definition) is 7. The molecule has 5 rings (SSSR count). The largest absolute Gasteiger partial charge is 0.468 e. The van der Waals surface area contributed by atoms with Gasteiger partial charge in [-0.25, -0.2) is 9.67 Å². The molecule has 39 heavy (non-hydrogen) atoms. The molecule has 0 radical (unpaired) electrons. The normalized spacial score (nSPS) is 16.6. The lowest BCUT2D eigenvalue weighted by Crippen LogP contribution is -2.25. The highest BCUT2D eigenvalue weighted by molar-refractivity contribution is 8.00. The van der Waals surface area contributed by atoms with E-state index in [1.54, 1.807) is 18.3 Å². The lowest BCUT2D eigenvalue weighted by Gasteiger charge is -2.20. The first-order valence-corrected chi connectivity index (χ1v) is 13.9. The second-order valence-electron chi connectivity index (χ2n) is 9.22. The summed E-state index contributed by atoms with van der Waals surface area (Å²) in [6.45, 7) is 3.54. The highest BCUT2D eigenvalue weighted by Gasteiger charge is 2.22. The Hall–Kier alpha value is -3.76. The number of hydrogen-bond donors (Lipinski definition) is 3. The first kappa shape index (κ1) is 26.8. The molecule has 202 valence electrons. The number of aryl methyl sites for hydroxylation is 2. The second kappa shape index (κ2) is 11.5. The van der Waals surface area contributed by atoms with Crippen molar-refractivity contribution in [3.8, 4) is 11.6 Å². The number of benzene rings is 1. The molecule has 0 fully saturated rings. The standard InChI is InChI=1S/C28H28ClFN6O2S/c1-16-10-18-12-23(34-22(18)13-21(16)35-39-9-5-8-30)27(37)19-14-33-36(28(19)31)24-15-32-26(11-17(24)2)38-25-7-4-3-6-20(25)29/h3-4,6-7,10-15,20,25,34-35H,5,8-9,31H2,1-2H3. The highest BCUT2D eigenvalue weighted by atomic mass is 35.5. The maximum Gasteiger partial charge on any atom is 0.214 e. The van der Waals surface area contributed by atoms with Gasteiger partial charge in [-0.15, -0.1) is 11.6 Å². The van der Waals surface area contributed by atoms with E-state index >= 15 is 0 Å². The number of H-pyrrole nitrogens is 1. The van der Waals surface area contributed by atoms with E-state index in [1.165, 1.54) is 22.8 Å². The van der Waals surface area contributed by atoms with Crippen LogP contribution in [0.2, 0.25) is 0 Å². The fraction of sp³-hybridized carbons (Fsp3) is 0.250. The number of carbonyl (C=O) groups is 1. The highest BCUT2D eigenvalue weighted by Crippen LogP contribution is 2.29. The minimum atomic E-state index is -0.338. The first-order chi connectivity index (χ1) is 18.9. The Morgan fingerprint density at radius 1 is 1.21 bits per heavy atom. The quantitative estimate of drug-likeness (QED) is 0.0923. The molecule has 0 bridgehead atoms. The average molecular weight is 567 g/mol. The number of carbonyl (C=O) groups excluding carboxylic acids is 1. The molecule has 11 heteroatoms. The van der Waals surface area contributed by atoms with Crippen LogP contribution in [0.25, 0.3) is 16.6 Å². The van der Waals surface area contributed by atoms with Crippen LogP contribution in [0.4, 0.5) is 15.9 Å². The number of rotatable bonds is 10. The van der Waals surface area contributed by atoms with Crippen molar-refractivity contribution in [3.63, 3.8) is 0 Å². The number of nitrogen functional groups attached to an aromatic ring is 1. The van der Waals surface area contributed by atoms with E-state index in [0.717, 1.165) is 27.7 Å². The van der Waals surface area contributed by atoms with E-state index in [4.69, 9.17) is 22.1 Å². The fourth-order valence-electron chi connectivity index (χ4n) is 4.26. The number of aromatic nitrogens is 4. The smallest absolute Gasteiger partial charge is 0.214 e. The summed E-state index contributed by atoms with van der Waals surface area (Å²) in [5, 5.41) is 5.00. The van der Waals surface area contributed by atoms with Gasteiger partial charge in [0.05, 0.1) is 41.4 Å². The molecule has 8 nitrogen and oxygen atoms in total. The van der Waals surface area contributed by atoms with Gasteiger partial charge in [0.15, 0.2) is 0 Å². The number of allylic oxidation sites excluding steroid dienone is 2. The average Bonchev–Trinajstić information content (AvgIpc) is 3.50. The van der Waals surface area contributed by atoms with Gasteiger partial charge in [0, 0.05) is 28.4 Å². The zero-order valence-corrected chi connectivity index (χ0v) is 23.0. The Balaban J connectivity index is 1.35. The number of anilines is 2. The molecule has 0 aliphatic heterocycles. The van der Waals surface area contributed by atoms with Crippen molar-refractivity contribution in [2.75, 3.05) is 22.9 Å². The van der Waals surface area contributed by atoms with E-state index < -0.39 is 0 Å². The summed E-state index contributed by atoms with van der Waals surface area (Å²) in [6.07, 6.45) is 10.7. The summed E-state index contributed by atoms with van der Waals surface area (Å²) >= 11 is 7.76. The van der Waals surface area contributed by atoms with Crippen LogP contribution in [0.1, 0.15) is 33.6 Å². The lowest BCUT2D eigenvalue weighted by molar-refractivity contribution is 0.103. The molecular formula is C28H28ClFN6O2S. The molecule has 0 saturated heterocycles. The molecule has 2 unspecified atom stereocenters. The van der Waals surface area contributed by atoms with Crippen LogP contribution in [-0.4, -0.2) is 49.4 Å². The topological polar surface area (TPSA) is 111 Å². The van der Waals surface area contributed by atoms with Crippen LogP contribution < -0.4 is 15.2 Å². The first-order valence-electron chi connectivity index (χ1n) is 12.4. The molecule has 0 amide bonds. The third kappa shape index (κ3) is 5.67. The number of nitrogens with zero attached hydrogens (tertiary/aromatic N) is 3. The molecule has 3 aromatic heterocycles. The van der Waals surface area contributed by atoms with E-state index in [0.29, 0.717) is 29.4 Å². The van der Waals surface area contributed by atoms with E-state index in [-0.39, 0.29) is 35.3 Å². The maximum absolute atomic E-state index is 13.4. The molecule has 1 aliphatic carbocycles. The van der Waals surface area contributed by atoms with Gasteiger partial charge in [-0.2, -0.15) is 5.10 Å². The van der Waals surface area contributed by atoms with E-state index in [9.17, 15) is 9.18 Å². The monoisotopic (exact) mass is 566 g/mol. The van der Waals surface area contributed by atoms with Gasteiger partial charge in [-0.1, -0.05) is 30.2 Å². The molecule has 3 heterocycles. The number of pyridine rings is 1. The van der Waals surface area contributed by atoms with Gasteiger partial charge in [-0.05, 0) is 55.7 Å². The zero-order valence-electron chi connectivity index (χ0n) is 21.4. The molecule has 1 aromatic carbocycles. The number of ketones is 1. The van der Waals surface area contributed by atoms with Gasteiger partial charge < -0.3 is 20.2 Å². The van der Waals surface area contributed by atoms with Crippen molar-refractivity contribution in [1.29, 1.82) is 0 Å². The number of alkyl halides is 2. The molecule has 2 atom stereocenters. The molecule has 4 N–H and O–H groups in total. The van der Waals surface area contributed by atoms with Crippen LogP contribution in [0.15, 0.2) is 61.0 Å². The van der Waals surface area contributed by atoms with Gasteiger partial charge in [0.2, 0.25) is 11.7 Å². The Morgan fingerprint density at radius 2 is 2.03 bits per heavy atom. The van der Waals surface area contributed by atoms with Crippen molar-refractivity contribution >= 4 is 51.7 Å². The summed E-state index contributed by atoms with van der Waals surface area (Å²) in [6, 6.07) is 7.54. The van der Waals surface area contributed by atoms with Gasteiger partial charge in [0.1, 0.15) is 11.9 Å². The number of aromatic amines is 1. The molecule has 0 spiro atoms. The lowest BCUT2D eigenvalue weighted by atomic mass is 10.1. The summed E-state index contributed by atoms with van der Waals surface area (Å²) in [7, 11) is 0. The van der Waals surface area contributed by atoms with Gasteiger partial charge >= 0.3 is 0 Å². The molecule has 4 aromatic rings. The van der Waals surface area contributed by atoms with Gasteiger partial charge in [0.25, 0.3) is 0 Å². The SMILES string of the molecule is Cc1cc2cc(C(=O)c3cnn(-c4cnc(OC5C=CC=CC5Cl)cc4C)c3N)[nH]c2cc1NSCCCF. The fourth-order valence-corrected chi connectivity index (χ4v) is 5.22. The molecular weight excluding hydrogens is 539 g/mol. The Labute approximate surface area is 234 Å². The van der Waals surface area contributed by atoms with E-state index in [2.05, 4.69) is 19.8 Å². The van der Waals surface area contributed by atoms with Gasteiger partial charge in [-0.3, -0.25) is 9.18 Å². The predicted octanol–water partition coefficient (Wildman–Crippen LogP) is 6.08. The van der Waals surface area contributed by atoms with Crippen LogP contribution >= 0.6 is 23.5 Å². The molecule has 0 saturated carbocycles. The Bertz CT molecular complexity index is 1580. The summed E-state index contributed by atoms with van der Waals surface area (Å²) in [5.41, 5.74) is 11.3. The molecule has 1 aliphatic rings. The second-order valence-corrected chi connectivity index (χ2v) is 10.6. The minimum Gasteiger partial charge on any atom is -0.468 e.